The van der Waals surface area contributed by atoms with E-state index in [9.17, 15) is 4.79 Å². The van der Waals surface area contributed by atoms with Crippen LogP contribution in [0.15, 0.2) is 6.20 Å². The second-order valence-electron chi connectivity index (χ2n) is 2.96. The maximum Gasteiger partial charge on any atom is 0.276 e. The highest BCUT2D eigenvalue weighted by molar-refractivity contribution is 7.80. The molecule has 0 atom stereocenters. The quantitative estimate of drug-likeness (QED) is 0.688. The minimum absolute atomic E-state index is 0.164. The van der Waals surface area contributed by atoms with E-state index in [4.69, 9.17) is 18.0 Å². The number of hydrogen-bond donors (Lipinski definition) is 2. The number of H-pyrrole nitrogens is 1. The minimum atomic E-state index is -0.164. The molecule has 6 nitrogen and oxygen atoms in total. The summed E-state index contributed by atoms with van der Waals surface area (Å²) < 4.78 is 0. The van der Waals surface area contributed by atoms with Crippen LogP contribution in [-0.4, -0.2) is 44.3 Å². The predicted octanol–water partition coefficient (Wildman–Crippen LogP) is -0.0570. The van der Waals surface area contributed by atoms with E-state index >= 15 is 0 Å². The van der Waals surface area contributed by atoms with Crippen molar-refractivity contribution in [2.24, 2.45) is 5.73 Å². The second kappa shape index (κ2) is 5.40. The Hall–Kier alpha value is -1.50. The van der Waals surface area contributed by atoms with Crippen molar-refractivity contribution < 1.29 is 4.79 Å². The van der Waals surface area contributed by atoms with Gasteiger partial charge < -0.3 is 10.6 Å². The van der Waals surface area contributed by atoms with Crippen molar-refractivity contribution >= 4 is 23.1 Å². The number of nitrogens with one attached hydrogen (secondary N) is 1. The van der Waals surface area contributed by atoms with Crippen LogP contribution in [-0.2, 0) is 0 Å². The van der Waals surface area contributed by atoms with Crippen molar-refractivity contribution in [3.63, 3.8) is 0 Å². The lowest BCUT2D eigenvalue weighted by Gasteiger charge is -2.18. The van der Waals surface area contributed by atoms with Crippen LogP contribution < -0.4 is 5.73 Å². The molecule has 0 unspecified atom stereocenters. The molecule has 0 aliphatic carbocycles. The molecule has 1 aromatic rings. The first-order chi connectivity index (χ1) is 7.15. The van der Waals surface area contributed by atoms with Crippen molar-refractivity contribution in [1.29, 1.82) is 0 Å². The Morgan fingerprint density at radius 3 is 2.93 bits per heavy atom. The molecule has 0 spiro atoms. The number of hydrogen-bond acceptors (Lipinski definition) is 4. The highest BCUT2D eigenvalue weighted by Gasteiger charge is 2.16. The van der Waals surface area contributed by atoms with Crippen molar-refractivity contribution in [3.8, 4) is 0 Å². The van der Waals surface area contributed by atoms with Crippen LogP contribution in [0.4, 0.5) is 0 Å². The monoisotopic (exact) mass is 227 g/mol. The summed E-state index contributed by atoms with van der Waals surface area (Å²) >= 11 is 4.75. The Morgan fingerprint density at radius 1 is 1.73 bits per heavy atom. The van der Waals surface area contributed by atoms with E-state index < -0.39 is 0 Å². The number of aromatic nitrogens is 3. The third-order valence-electron chi connectivity index (χ3n) is 1.93. The van der Waals surface area contributed by atoms with Gasteiger partial charge in [0.05, 0.1) is 11.2 Å². The molecule has 1 aromatic heterocycles. The third-order valence-corrected chi connectivity index (χ3v) is 2.14. The van der Waals surface area contributed by atoms with E-state index in [1.165, 1.54) is 6.20 Å². The first kappa shape index (κ1) is 11.6. The number of nitrogens with zero attached hydrogens (tertiary/aromatic N) is 3. The fourth-order valence-corrected chi connectivity index (χ4v) is 1.21. The molecular formula is C8H13N5OS. The van der Waals surface area contributed by atoms with Crippen LogP contribution in [0, 0.1) is 0 Å². The SMILES string of the molecule is CCN(CCC(N)=S)C(=O)c1cn[nH]n1. The van der Waals surface area contributed by atoms with Gasteiger partial charge in [-0.1, -0.05) is 12.2 Å². The minimum Gasteiger partial charge on any atom is -0.393 e. The van der Waals surface area contributed by atoms with Gasteiger partial charge in [0, 0.05) is 19.5 Å². The molecule has 1 heterocycles. The summed E-state index contributed by atoms with van der Waals surface area (Å²) in [6.45, 7) is 2.99. The van der Waals surface area contributed by atoms with Crippen LogP contribution in [0.2, 0.25) is 0 Å². The Labute approximate surface area is 92.8 Å². The Bertz CT molecular complexity index is 337. The lowest BCUT2D eigenvalue weighted by atomic mass is 10.3. The molecule has 1 rings (SSSR count). The molecule has 0 aromatic carbocycles. The molecule has 15 heavy (non-hydrogen) atoms. The van der Waals surface area contributed by atoms with Gasteiger partial charge in [0.25, 0.3) is 5.91 Å². The number of rotatable bonds is 5. The molecule has 3 N–H and O–H groups in total. The zero-order valence-corrected chi connectivity index (χ0v) is 9.25. The Balaban J connectivity index is 2.59. The zero-order chi connectivity index (χ0) is 11.3. The van der Waals surface area contributed by atoms with Crippen molar-refractivity contribution in [1.82, 2.24) is 20.3 Å². The van der Waals surface area contributed by atoms with E-state index in [1.807, 2.05) is 6.92 Å². The summed E-state index contributed by atoms with van der Waals surface area (Å²) in [5.74, 6) is -0.164. The van der Waals surface area contributed by atoms with E-state index in [0.29, 0.717) is 30.2 Å². The third kappa shape index (κ3) is 3.28. The molecule has 0 fully saturated rings. The fraction of sp³-hybridized carbons (Fsp3) is 0.500. The number of carbonyl (C=O) groups excluding carboxylic acids is 1. The zero-order valence-electron chi connectivity index (χ0n) is 8.43. The van der Waals surface area contributed by atoms with Crippen LogP contribution in [0.3, 0.4) is 0 Å². The molecule has 1 amide bonds. The molecule has 0 aliphatic heterocycles. The van der Waals surface area contributed by atoms with Gasteiger partial charge in [-0.05, 0) is 6.92 Å². The molecule has 0 aliphatic rings. The number of carbonyl (C=O) groups is 1. The van der Waals surface area contributed by atoms with Crippen LogP contribution in [0.1, 0.15) is 23.8 Å². The fourth-order valence-electron chi connectivity index (χ4n) is 1.12. The number of aromatic amines is 1. The van der Waals surface area contributed by atoms with Gasteiger partial charge in [0.2, 0.25) is 0 Å². The van der Waals surface area contributed by atoms with Crippen LogP contribution in [0.5, 0.6) is 0 Å². The van der Waals surface area contributed by atoms with Gasteiger partial charge >= 0.3 is 0 Å². The molecule has 0 saturated heterocycles. The molecule has 7 heteroatoms. The summed E-state index contributed by atoms with van der Waals surface area (Å²) in [5.41, 5.74) is 5.68. The summed E-state index contributed by atoms with van der Waals surface area (Å²) in [5, 5.41) is 9.70. The number of thiocarbonyl (C=S) groups is 1. The predicted molar refractivity (Wildman–Crippen MR) is 59.4 cm³/mol. The smallest absolute Gasteiger partial charge is 0.276 e. The largest absolute Gasteiger partial charge is 0.393 e. The highest BCUT2D eigenvalue weighted by Crippen LogP contribution is 2.00. The number of nitrogens with two attached hydrogens (primary N) is 1. The van der Waals surface area contributed by atoms with Crippen molar-refractivity contribution in [3.05, 3.63) is 11.9 Å². The highest BCUT2D eigenvalue weighted by atomic mass is 32.1. The lowest BCUT2D eigenvalue weighted by molar-refractivity contribution is 0.0763. The van der Waals surface area contributed by atoms with E-state index in [0.717, 1.165) is 0 Å². The molecule has 0 radical (unpaired) electrons. The summed E-state index contributed by atoms with van der Waals surface area (Å²) in [4.78, 5) is 13.8. The topological polar surface area (TPSA) is 87.9 Å². The van der Waals surface area contributed by atoms with Gasteiger partial charge in [-0.2, -0.15) is 15.4 Å². The molecular weight excluding hydrogens is 214 g/mol. The van der Waals surface area contributed by atoms with E-state index in [-0.39, 0.29) is 5.91 Å². The molecule has 0 saturated carbocycles. The van der Waals surface area contributed by atoms with Crippen molar-refractivity contribution in [2.75, 3.05) is 13.1 Å². The average molecular weight is 227 g/mol. The van der Waals surface area contributed by atoms with E-state index in [1.54, 1.807) is 4.90 Å². The first-order valence-electron chi connectivity index (χ1n) is 4.58. The molecule has 82 valence electrons. The standard InChI is InChI=1S/C8H13N5OS/c1-2-13(4-3-7(9)15)8(14)6-5-10-12-11-6/h5H,2-4H2,1H3,(H2,9,15)(H,10,11,12). The maximum atomic E-state index is 11.8. The van der Waals surface area contributed by atoms with Crippen LogP contribution in [0.25, 0.3) is 0 Å². The second-order valence-corrected chi connectivity index (χ2v) is 3.48. The van der Waals surface area contributed by atoms with Gasteiger partial charge in [0.1, 0.15) is 0 Å². The maximum absolute atomic E-state index is 11.8. The van der Waals surface area contributed by atoms with Gasteiger partial charge in [-0.3, -0.25) is 4.79 Å². The van der Waals surface area contributed by atoms with E-state index in [2.05, 4.69) is 15.4 Å². The first-order valence-corrected chi connectivity index (χ1v) is 4.99. The van der Waals surface area contributed by atoms with Gasteiger partial charge in [-0.25, -0.2) is 0 Å². The van der Waals surface area contributed by atoms with Crippen molar-refractivity contribution in [2.45, 2.75) is 13.3 Å². The normalized spacial score (nSPS) is 9.93. The summed E-state index contributed by atoms with van der Waals surface area (Å²) in [7, 11) is 0. The van der Waals surface area contributed by atoms with Crippen LogP contribution >= 0.6 is 12.2 Å². The summed E-state index contributed by atoms with van der Waals surface area (Å²) in [6, 6.07) is 0. The Kier molecular flexibility index (Phi) is 4.17. The lowest BCUT2D eigenvalue weighted by Crippen LogP contribution is -2.33. The molecule has 0 bridgehead atoms. The Morgan fingerprint density at radius 2 is 2.47 bits per heavy atom. The average Bonchev–Trinajstić information content (AvgIpc) is 2.70. The summed E-state index contributed by atoms with van der Waals surface area (Å²) in [6.07, 6.45) is 1.92. The van der Waals surface area contributed by atoms with Gasteiger partial charge in [0.15, 0.2) is 5.69 Å². The van der Waals surface area contributed by atoms with Gasteiger partial charge in [-0.15, -0.1) is 0 Å². The number of amides is 1.